The van der Waals surface area contributed by atoms with Crippen molar-refractivity contribution >= 4 is 17.5 Å². The molecule has 2 unspecified atom stereocenters. The van der Waals surface area contributed by atoms with E-state index in [1.54, 1.807) is 24.3 Å². The predicted octanol–water partition coefficient (Wildman–Crippen LogP) is 2.09. The molecule has 2 aliphatic rings. The number of anilines is 1. The Labute approximate surface area is 111 Å². The summed E-state index contributed by atoms with van der Waals surface area (Å²) in [4.78, 5) is 26.0. The molecule has 0 aromatic heterocycles. The predicted molar refractivity (Wildman–Crippen MR) is 69.0 cm³/mol. The molecular formula is C15H14N2O2. The van der Waals surface area contributed by atoms with Crippen LogP contribution in [0.3, 0.4) is 0 Å². The van der Waals surface area contributed by atoms with E-state index < -0.39 is 0 Å². The van der Waals surface area contributed by atoms with Crippen molar-refractivity contribution < 1.29 is 9.59 Å². The second kappa shape index (κ2) is 4.20. The first-order chi connectivity index (χ1) is 9.11. The Morgan fingerprint density at radius 3 is 2.42 bits per heavy atom. The first-order valence-corrected chi connectivity index (χ1v) is 6.50. The smallest absolute Gasteiger partial charge is 0.237 e. The number of hydrogen-bond acceptors (Lipinski definition) is 3. The lowest BCUT2D eigenvalue weighted by Crippen LogP contribution is -2.32. The van der Waals surface area contributed by atoms with E-state index in [0.29, 0.717) is 17.2 Å². The van der Waals surface area contributed by atoms with E-state index >= 15 is 0 Å². The zero-order chi connectivity index (χ0) is 13.6. The number of nitriles is 1. The lowest BCUT2D eigenvalue weighted by atomic mass is 10.00. The highest BCUT2D eigenvalue weighted by Crippen LogP contribution is 2.44. The SMILES string of the molecule is CC1CC2C(=O)N(c3cccc(C#N)c3)C(=O)C2C1. The number of hydrogen-bond donors (Lipinski definition) is 0. The third-order valence-corrected chi connectivity index (χ3v) is 4.11. The topological polar surface area (TPSA) is 61.2 Å². The minimum absolute atomic E-state index is 0.102. The van der Waals surface area contributed by atoms with Crippen molar-refractivity contribution in [3.63, 3.8) is 0 Å². The van der Waals surface area contributed by atoms with Crippen LogP contribution in [0.2, 0.25) is 0 Å². The highest BCUT2D eigenvalue weighted by molar-refractivity contribution is 6.22. The van der Waals surface area contributed by atoms with Crippen LogP contribution in [0.1, 0.15) is 25.3 Å². The van der Waals surface area contributed by atoms with Gasteiger partial charge in [-0.25, -0.2) is 0 Å². The molecule has 1 saturated carbocycles. The quantitative estimate of drug-likeness (QED) is 0.721. The third kappa shape index (κ3) is 1.74. The molecule has 3 rings (SSSR count). The first kappa shape index (κ1) is 11.9. The van der Waals surface area contributed by atoms with E-state index in [0.717, 1.165) is 12.8 Å². The summed E-state index contributed by atoms with van der Waals surface area (Å²) >= 11 is 0. The Morgan fingerprint density at radius 2 is 1.84 bits per heavy atom. The van der Waals surface area contributed by atoms with Crippen molar-refractivity contribution in [3.8, 4) is 6.07 Å². The maximum absolute atomic E-state index is 12.4. The van der Waals surface area contributed by atoms with Crippen molar-refractivity contribution in [2.45, 2.75) is 19.8 Å². The van der Waals surface area contributed by atoms with Gasteiger partial charge in [-0.05, 0) is 37.0 Å². The monoisotopic (exact) mass is 254 g/mol. The molecule has 0 radical (unpaired) electrons. The fraction of sp³-hybridized carbons (Fsp3) is 0.400. The molecule has 96 valence electrons. The summed E-state index contributed by atoms with van der Waals surface area (Å²) in [5, 5.41) is 8.89. The van der Waals surface area contributed by atoms with Gasteiger partial charge in [0.15, 0.2) is 0 Å². The number of carbonyl (C=O) groups is 2. The van der Waals surface area contributed by atoms with E-state index in [1.165, 1.54) is 4.90 Å². The molecule has 0 N–H and O–H groups in total. The van der Waals surface area contributed by atoms with Crippen LogP contribution in [-0.4, -0.2) is 11.8 Å². The second-order valence-corrected chi connectivity index (χ2v) is 5.46. The van der Waals surface area contributed by atoms with Crippen molar-refractivity contribution in [1.29, 1.82) is 5.26 Å². The summed E-state index contributed by atoms with van der Waals surface area (Å²) in [6, 6.07) is 8.70. The Kier molecular flexibility index (Phi) is 2.63. The number of nitrogens with zero attached hydrogens (tertiary/aromatic N) is 2. The maximum atomic E-state index is 12.4. The summed E-state index contributed by atoms with van der Waals surface area (Å²) in [5.74, 6) is -0.0825. The number of benzene rings is 1. The van der Waals surface area contributed by atoms with Crippen molar-refractivity contribution in [2.24, 2.45) is 17.8 Å². The number of amides is 2. The van der Waals surface area contributed by atoms with Crippen molar-refractivity contribution in [2.75, 3.05) is 4.90 Å². The van der Waals surface area contributed by atoms with Crippen LogP contribution in [0, 0.1) is 29.1 Å². The fourth-order valence-electron chi connectivity index (χ4n) is 3.25. The van der Waals surface area contributed by atoms with Gasteiger partial charge in [0.05, 0.1) is 29.2 Å². The molecule has 0 spiro atoms. The molecular weight excluding hydrogens is 240 g/mol. The second-order valence-electron chi connectivity index (χ2n) is 5.46. The minimum Gasteiger partial charge on any atom is -0.274 e. The molecule has 19 heavy (non-hydrogen) atoms. The van der Waals surface area contributed by atoms with Crippen LogP contribution in [0.4, 0.5) is 5.69 Å². The molecule has 2 amide bonds. The molecule has 1 aromatic rings. The Morgan fingerprint density at radius 1 is 1.21 bits per heavy atom. The van der Waals surface area contributed by atoms with Gasteiger partial charge in [0, 0.05) is 0 Å². The fourth-order valence-corrected chi connectivity index (χ4v) is 3.25. The number of fused-ring (bicyclic) bond motifs is 1. The van der Waals surface area contributed by atoms with E-state index in [4.69, 9.17) is 5.26 Å². The van der Waals surface area contributed by atoms with Crippen LogP contribution in [0.25, 0.3) is 0 Å². The summed E-state index contributed by atoms with van der Waals surface area (Å²) in [6.07, 6.45) is 1.59. The number of imide groups is 1. The van der Waals surface area contributed by atoms with Crippen molar-refractivity contribution in [1.82, 2.24) is 0 Å². The molecule has 0 bridgehead atoms. The highest BCUT2D eigenvalue weighted by atomic mass is 16.2. The van der Waals surface area contributed by atoms with Crippen LogP contribution in [0.15, 0.2) is 24.3 Å². The maximum Gasteiger partial charge on any atom is 0.237 e. The average Bonchev–Trinajstić information content (AvgIpc) is 2.89. The lowest BCUT2D eigenvalue weighted by molar-refractivity contribution is -0.123. The van der Waals surface area contributed by atoms with Gasteiger partial charge in [-0.3, -0.25) is 14.5 Å². The van der Waals surface area contributed by atoms with E-state index in [9.17, 15) is 9.59 Å². The average molecular weight is 254 g/mol. The summed E-state index contributed by atoms with van der Waals surface area (Å²) in [7, 11) is 0. The zero-order valence-corrected chi connectivity index (χ0v) is 10.7. The molecule has 4 nitrogen and oxygen atoms in total. The first-order valence-electron chi connectivity index (χ1n) is 6.50. The van der Waals surface area contributed by atoms with Gasteiger partial charge >= 0.3 is 0 Å². The summed E-state index contributed by atoms with van der Waals surface area (Å²) < 4.78 is 0. The van der Waals surface area contributed by atoms with Crippen LogP contribution in [-0.2, 0) is 9.59 Å². The molecule has 2 fully saturated rings. The van der Waals surface area contributed by atoms with Crippen LogP contribution in [0.5, 0.6) is 0 Å². The largest absolute Gasteiger partial charge is 0.274 e. The lowest BCUT2D eigenvalue weighted by Gasteiger charge is -2.16. The molecule has 1 heterocycles. The van der Waals surface area contributed by atoms with Crippen molar-refractivity contribution in [3.05, 3.63) is 29.8 Å². The Hall–Kier alpha value is -2.15. The number of rotatable bonds is 1. The van der Waals surface area contributed by atoms with Gasteiger partial charge in [0.2, 0.25) is 11.8 Å². The Balaban J connectivity index is 1.97. The molecule has 1 aromatic carbocycles. The van der Waals surface area contributed by atoms with Gasteiger partial charge in [0.25, 0.3) is 0 Å². The normalized spacial score (nSPS) is 29.5. The molecule has 1 aliphatic carbocycles. The molecule has 4 heteroatoms. The van der Waals surface area contributed by atoms with Gasteiger partial charge in [0.1, 0.15) is 0 Å². The van der Waals surface area contributed by atoms with Gasteiger partial charge in [-0.2, -0.15) is 5.26 Å². The summed E-state index contributed by atoms with van der Waals surface area (Å²) in [5.41, 5.74) is 0.986. The Bertz CT molecular complexity index is 578. The standard InChI is InChI=1S/C15H14N2O2/c1-9-5-12-13(6-9)15(19)17(14(12)18)11-4-2-3-10(7-11)8-16/h2-4,7,9,12-13H,5-6H2,1H3. The molecule has 2 atom stereocenters. The van der Waals surface area contributed by atoms with E-state index in [-0.39, 0.29) is 23.7 Å². The van der Waals surface area contributed by atoms with E-state index in [1.807, 2.05) is 6.07 Å². The minimum atomic E-state index is -0.159. The highest BCUT2D eigenvalue weighted by Gasteiger charge is 2.52. The van der Waals surface area contributed by atoms with Gasteiger partial charge < -0.3 is 0 Å². The van der Waals surface area contributed by atoms with E-state index in [2.05, 4.69) is 6.92 Å². The van der Waals surface area contributed by atoms with Gasteiger partial charge in [-0.1, -0.05) is 13.0 Å². The van der Waals surface area contributed by atoms with Gasteiger partial charge in [-0.15, -0.1) is 0 Å². The summed E-state index contributed by atoms with van der Waals surface area (Å²) in [6.45, 7) is 2.08. The van der Waals surface area contributed by atoms with Crippen LogP contribution < -0.4 is 4.90 Å². The molecule has 1 saturated heterocycles. The third-order valence-electron chi connectivity index (χ3n) is 4.11. The zero-order valence-electron chi connectivity index (χ0n) is 10.7. The number of carbonyl (C=O) groups excluding carboxylic acids is 2. The van der Waals surface area contributed by atoms with Crippen LogP contribution >= 0.6 is 0 Å². The molecule has 1 aliphatic heterocycles.